The first kappa shape index (κ1) is 23.6. The van der Waals surface area contributed by atoms with Crippen molar-refractivity contribution in [2.75, 3.05) is 15.6 Å². The van der Waals surface area contributed by atoms with Crippen molar-refractivity contribution in [3.05, 3.63) is 87.7 Å². The highest BCUT2D eigenvalue weighted by molar-refractivity contribution is 7.93. The van der Waals surface area contributed by atoms with Gasteiger partial charge in [-0.15, -0.1) is 0 Å². The number of nitro groups is 1. The van der Waals surface area contributed by atoms with Crippen molar-refractivity contribution in [2.24, 2.45) is 0 Å². The first-order valence-corrected chi connectivity index (χ1v) is 13.1. The molecule has 0 fully saturated rings. The summed E-state index contributed by atoms with van der Waals surface area (Å²) in [5.41, 5.74) is 1.08. The van der Waals surface area contributed by atoms with Gasteiger partial charge in [0.05, 0.1) is 26.1 Å². The fourth-order valence-corrected chi connectivity index (χ4v) is 6.64. The molecular weight excluding hydrogens is 485 g/mol. The number of fused-ring (bicyclic) bond motifs is 1. The van der Waals surface area contributed by atoms with E-state index in [4.69, 9.17) is 0 Å². The number of nitro benzene ring substituents is 1. The van der Waals surface area contributed by atoms with E-state index in [1.807, 2.05) is 0 Å². The number of nitrogens with one attached hydrogen (secondary N) is 1. The van der Waals surface area contributed by atoms with Gasteiger partial charge in [0.1, 0.15) is 5.82 Å². The summed E-state index contributed by atoms with van der Waals surface area (Å²) in [4.78, 5) is 10.1. The van der Waals surface area contributed by atoms with Gasteiger partial charge in [0, 0.05) is 18.7 Å². The maximum absolute atomic E-state index is 13.3. The number of nitrogens with zero attached hydrogens (tertiary/aromatic N) is 2. The van der Waals surface area contributed by atoms with E-state index in [0.717, 1.165) is 18.2 Å². The van der Waals surface area contributed by atoms with Gasteiger partial charge in [-0.1, -0.05) is 12.1 Å². The van der Waals surface area contributed by atoms with Crippen molar-refractivity contribution in [1.29, 1.82) is 0 Å². The Kier molecular flexibility index (Phi) is 6.04. The van der Waals surface area contributed by atoms with Crippen LogP contribution in [0.15, 0.2) is 70.5 Å². The zero-order valence-corrected chi connectivity index (χ0v) is 19.6. The second kappa shape index (κ2) is 8.69. The summed E-state index contributed by atoms with van der Waals surface area (Å²) in [7, 11) is -8.21. The lowest BCUT2D eigenvalue weighted by atomic mass is 10.0. The molecule has 0 radical (unpaired) electrons. The van der Waals surface area contributed by atoms with Crippen LogP contribution in [-0.4, -0.2) is 28.3 Å². The number of non-ortho nitro benzene ring substituents is 1. The summed E-state index contributed by atoms with van der Waals surface area (Å²) >= 11 is 0. The zero-order valence-electron chi connectivity index (χ0n) is 17.9. The minimum atomic E-state index is -4.20. The number of halogens is 1. The zero-order chi connectivity index (χ0) is 24.7. The first-order chi connectivity index (χ1) is 16.0. The van der Waals surface area contributed by atoms with Crippen LogP contribution in [0.4, 0.5) is 21.5 Å². The lowest BCUT2D eigenvalue weighted by molar-refractivity contribution is -0.385. The number of rotatable bonds is 6. The van der Waals surface area contributed by atoms with Gasteiger partial charge in [-0.25, -0.2) is 21.2 Å². The highest BCUT2D eigenvalue weighted by atomic mass is 32.2. The third-order valence-electron chi connectivity index (χ3n) is 5.49. The summed E-state index contributed by atoms with van der Waals surface area (Å²) in [5, 5.41) is 11.1. The quantitative estimate of drug-likeness (QED) is 0.399. The minimum absolute atomic E-state index is 0.0834. The van der Waals surface area contributed by atoms with Crippen LogP contribution in [0.2, 0.25) is 0 Å². The number of hydrogen-bond donors (Lipinski definition) is 1. The maximum atomic E-state index is 13.3. The molecule has 1 aliphatic rings. The smallest absolute Gasteiger partial charge is 0.270 e. The molecule has 0 atom stereocenters. The first-order valence-electron chi connectivity index (χ1n) is 10.2. The molecule has 0 aliphatic carbocycles. The highest BCUT2D eigenvalue weighted by Gasteiger charge is 2.30. The van der Waals surface area contributed by atoms with Crippen molar-refractivity contribution in [3.8, 4) is 0 Å². The van der Waals surface area contributed by atoms with E-state index in [0.29, 0.717) is 29.7 Å². The number of sulfonamides is 2. The molecule has 0 amide bonds. The molecule has 1 aliphatic heterocycles. The molecule has 0 saturated carbocycles. The molecule has 3 aromatic rings. The van der Waals surface area contributed by atoms with Crippen molar-refractivity contribution in [2.45, 2.75) is 29.6 Å². The van der Waals surface area contributed by atoms with Gasteiger partial charge in [-0.05, 0) is 67.3 Å². The second-order valence-corrected chi connectivity index (χ2v) is 11.3. The lowest BCUT2D eigenvalue weighted by Gasteiger charge is -2.31. The molecule has 12 heteroatoms. The summed E-state index contributed by atoms with van der Waals surface area (Å²) in [6.45, 7) is 1.69. The van der Waals surface area contributed by atoms with Crippen molar-refractivity contribution in [1.82, 2.24) is 0 Å². The Labute approximate surface area is 196 Å². The second-order valence-electron chi connectivity index (χ2n) is 7.79. The largest absolute Gasteiger partial charge is 0.280 e. The standard InChI is InChI=1S/C22H20FN3O6S2/c1-15-4-9-19(26(27)28)14-22(15)33(29,30)24-18-8-5-16-3-2-12-25(21(16)13-18)34(31,32)20-10-6-17(23)7-11-20/h4-11,13-14,24H,2-3,12H2,1H3. The van der Waals surface area contributed by atoms with Crippen LogP contribution >= 0.6 is 0 Å². The Morgan fingerprint density at radius 3 is 2.38 bits per heavy atom. The van der Waals surface area contributed by atoms with Crippen molar-refractivity contribution < 1.29 is 26.1 Å². The summed E-state index contributed by atoms with van der Waals surface area (Å²) in [6.07, 6.45) is 1.16. The lowest BCUT2D eigenvalue weighted by Crippen LogP contribution is -2.35. The molecular formula is C22H20FN3O6S2. The van der Waals surface area contributed by atoms with Crippen LogP contribution in [0.3, 0.4) is 0 Å². The molecule has 0 bridgehead atoms. The molecule has 1 N–H and O–H groups in total. The van der Waals surface area contributed by atoms with Gasteiger partial charge in [0.2, 0.25) is 0 Å². The molecule has 34 heavy (non-hydrogen) atoms. The van der Waals surface area contributed by atoms with E-state index in [9.17, 15) is 31.3 Å². The van der Waals surface area contributed by atoms with Crippen LogP contribution in [-0.2, 0) is 26.5 Å². The highest BCUT2D eigenvalue weighted by Crippen LogP contribution is 2.35. The van der Waals surface area contributed by atoms with Crippen LogP contribution in [0, 0.1) is 22.9 Å². The number of benzene rings is 3. The fourth-order valence-electron chi connectivity index (χ4n) is 3.79. The van der Waals surface area contributed by atoms with Gasteiger partial charge in [0.15, 0.2) is 0 Å². The van der Waals surface area contributed by atoms with Gasteiger partial charge < -0.3 is 0 Å². The molecule has 9 nitrogen and oxygen atoms in total. The van der Waals surface area contributed by atoms with E-state index in [-0.39, 0.29) is 27.7 Å². The van der Waals surface area contributed by atoms with Gasteiger partial charge in [-0.3, -0.25) is 19.1 Å². The molecule has 0 aromatic heterocycles. The molecule has 0 unspecified atom stereocenters. The Morgan fingerprint density at radius 1 is 1.00 bits per heavy atom. The number of anilines is 2. The Hall–Kier alpha value is -3.51. The van der Waals surface area contributed by atoms with E-state index in [1.54, 1.807) is 6.07 Å². The predicted octanol–water partition coefficient (Wildman–Crippen LogP) is 3.98. The van der Waals surface area contributed by atoms with E-state index in [2.05, 4.69) is 4.72 Å². The van der Waals surface area contributed by atoms with Crippen LogP contribution in [0.1, 0.15) is 17.5 Å². The van der Waals surface area contributed by atoms with Crippen molar-refractivity contribution >= 4 is 37.1 Å². The van der Waals surface area contributed by atoms with Gasteiger partial charge in [-0.2, -0.15) is 0 Å². The molecule has 3 aromatic carbocycles. The molecule has 0 saturated heterocycles. The van der Waals surface area contributed by atoms with Crippen LogP contribution < -0.4 is 9.03 Å². The number of aryl methyl sites for hydroxylation is 2. The average Bonchev–Trinajstić information content (AvgIpc) is 2.78. The monoisotopic (exact) mass is 505 g/mol. The van der Waals surface area contributed by atoms with E-state index in [1.165, 1.54) is 47.6 Å². The van der Waals surface area contributed by atoms with E-state index >= 15 is 0 Å². The third-order valence-corrected chi connectivity index (χ3v) is 8.84. The molecule has 4 rings (SSSR count). The topological polar surface area (TPSA) is 127 Å². The maximum Gasteiger partial charge on any atom is 0.270 e. The Morgan fingerprint density at radius 2 is 1.71 bits per heavy atom. The number of hydrogen-bond acceptors (Lipinski definition) is 6. The van der Waals surface area contributed by atoms with Crippen LogP contribution in [0.5, 0.6) is 0 Å². The Balaban J connectivity index is 1.72. The predicted molar refractivity (Wildman–Crippen MR) is 124 cm³/mol. The summed E-state index contributed by atoms with van der Waals surface area (Å²) < 4.78 is 69.3. The summed E-state index contributed by atoms with van der Waals surface area (Å²) in [5.74, 6) is -0.564. The fraction of sp³-hybridized carbons (Fsp3) is 0.182. The average molecular weight is 506 g/mol. The molecule has 1 heterocycles. The minimum Gasteiger partial charge on any atom is -0.280 e. The normalized spacial score (nSPS) is 13.9. The van der Waals surface area contributed by atoms with E-state index < -0.39 is 30.8 Å². The SMILES string of the molecule is Cc1ccc([N+](=O)[O-])cc1S(=O)(=O)Nc1ccc2c(c1)N(S(=O)(=O)c1ccc(F)cc1)CCC2. The molecule has 0 spiro atoms. The molecule has 178 valence electrons. The van der Waals surface area contributed by atoms with Crippen molar-refractivity contribution in [3.63, 3.8) is 0 Å². The summed E-state index contributed by atoms with van der Waals surface area (Å²) in [6, 6.07) is 12.6. The van der Waals surface area contributed by atoms with Gasteiger partial charge in [0.25, 0.3) is 25.7 Å². The van der Waals surface area contributed by atoms with Gasteiger partial charge >= 0.3 is 0 Å². The Bertz CT molecular complexity index is 1490. The third kappa shape index (κ3) is 4.46. The van der Waals surface area contributed by atoms with Crippen LogP contribution in [0.25, 0.3) is 0 Å².